The van der Waals surface area contributed by atoms with Crippen molar-refractivity contribution in [2.24, 2.45) is 0 Å². The predicted octanol–water partition coefficient (Wildman–Crippen LogP) is 7.76. The van der Waals surface area contributed by atoms with Crippen LogP contribution in [0.1, 0.15) is 5.56 Å². The first-order valence-corrected chi connectivity index (χ1v) is 10.0. The lowest BCUT2D eigenvalue weighted by molar-refractivity contribution is -0.0118. The Morgan fingerprint density at radius 3 is 1.43 bits per heavy atom. The van der Waals surface area contributed by atoms with Crippen molar-refractivity contribution in [3.05, 3.63) is 102 Å². The lowest BCUT2D eigenvalue weighted by Crippen LogP contribution is -2.19. The van der Waals surface area contributed by atoms with Crippen molar-refractivity contribution in [1.82, 2.24) is 0 Å². The maximum Gasteiger partial charge on any atom is 0.331 e. The third-order valence-corrected chi connectivity index (χ3v) is 6.10. The molecule has 0 aromatic heterocycles. The second kappa shape index (κ2) is 10.9. The van der Waals surface area contributed by atoms with Crippen LogP contribution in [-0.2, 0) is 10.9 Å². The largest absolute Gasteiger partial charge is 0.331 e. The summed E-state index contributed by atoms with van der Waals surface area (Å²) in [4.78, 5) is 4.10. The third-order valence-electron chi connectivity index (χ3n) is 3.87. The van der Waals surface area contributed by atoms with Gasteiger partial charge in [-0.15, -0.1) is 0 Å². The molecule has 158 valence electrons. The highest BCUT2D eigenvalue weighted by molar-refractivity contribution is 7.97. The molecule has 0 atom stereocenters. The van der Waals surface area contributed by atoms with Crippen molar-refractivity contribution >= 4 is 10.9 Å². The number of hydrogen-bond donors (Lipinski definition) is 0. The van der Waals surface area contributed by atoms with E-state index in [9.17, 15) is 26.3 Å². The highest BCUT2D eigenvalue weighted by atomic mass is 32.2. The molecule has 0 unspecified atom stereocenters. The monoisotopic (exact) mass is 441 g/mol. The van der Waals surface area contributed by atoms with Crippen LogP contribution in [-0.4, -0.2) is 12.6 Å². The number of benzene rings is 3. The van der Waals surface area contributed by atoms with E-state index in [4.69, 9.17) is 0 Å². The van der Waals surface area contributed by atoms with Crippen LogP contribution in [0.4, 0.5) is 26.3 Å². The molecule has 0 fully saturated rings. The number of hydrogen-bond acceptors (Lipinski definition) is 0. The quantitative estimate of drug-likeness (QED) is 0.280. The van der Waals surface area contributed by atoms with Gasteiger partial charge in [-0.05, 0) is 43.3 Å². The number of rotatable bonds is 5. The van der Waals surface area contributed by atoms with Crippen LogP contribution in [0.2, 0.25) is 0 Å². The summed E-state index contributed by atoms with van der Waals surface area (Å²) in [7, 11) is -0.0229. The molecule has 0 nitrogen and oxygen atoms in total. The molecule has 30 heavy (non-hydrogen) atoms. The smallest absolute Gasteiger partial charge is 0.244 e. The maximum atomic E-state index is 11.5. The summed E-state index contributed by atoms with van der Waals surface area (Å²) < 4.78 is 67.4. The molecule has 0 aliphatic carbocycles. The van der Waals surface area contributed by atoms with E-state index < -0.39 is 24.5 Å². The van der Waals surface area contributed by atoms with Gasteiger partial charge in [0.05, 0.1) is 10.9 Å². The average Bonchev–Trinajstić information content (AvgIpc) is 2.76. The minimum atomic E-state index is -4.68. The Balaban J connectivity index is 0.000000274. The molecule has 0 bridgehead atoms. The van der Waals surface area contributed by atoms with E-state index in [1.54, 1.807) is 0 Å². The van der Waals surface area contributed by atoms with Crippen molar-refractivity contribution in [1.29, 1.82) is 0 Å². The molecule has 0 aliphatic heterocycles. The minimum Gasteiger partial charge on any atom is -0.244 e. The van der Waals surface area contributed by atoms with Crippen molar-refractivity contribution < 1.29 is 26.3 Å². The lowest BCUT2D eigenvalue weighted by atomic mass is 10.2. The van der Waals surface area contributed by atoms with Crippen molar-refractivity contribution in [3.63, 3.8) is 0 Å². The van der Waals surface area contributed by atoms with Crippen LogP contribution in [0.3, 0.4) is 0 Å². The Hall–Kier alpha value is -2.67. The van der Waals surface area contributed by atoms with Gasteiger partial charge >= 0.3 is 12.0 Å². The molecule has 3 rings (SSSR count). The minimum absolute atomic E-state index is 0.0229. The second-order valence-electron chi connectivity index (χ2n) is 6.16. The van der Waals surface area contributed by atoms with Crippen LogP contribution in [0, 0.1) is 6.92 Å². The Morgan fingerprint density at radius 2 is 1.10 bits per heavy atom. The first-order chi connectivity index (χ1) is 14.3. The van der Waals surface area contributed by atoms with E-state index in [-0.39, 0.29) is 10.9 Å². The van der Waals surface area contributed by atoms with E-state index in [1.165, 1.54) is 20.2 Å². The van der Waals surface area contributed by atoms with E-state index in [0.717, 1.165) is 0 Å². The Morgan fingerprint density at radius 1 is 0.700 bits per heavy atom. The normalized spacial score (nSPS) is 10.9. The zero-order valence-electron chi connectivity index (χ0n) is 16.0. The summed E-state index contributed by atoms with van der Waals surface area (Å²) in [5, 5.41) is 0. The SMILES string of the molecule is Cc1ccc([S+](c2ccccc2)c2ccccc2)cc1.FCC(F)(F)C(F)=C(F)F. The molecule has 0 aliphatic rings. The molecule has 0 amide bonds. The topological polar surface area (TPSA) is 0 Å². The van der Waals surface area contributed by atoms with Gasteiger partial charge in [-0.3, -0.25) is 0 Å². The second-order valence-corrected chi connectivity index (χ2v) is 8.18. The molecule has 0 saturated carbocycles. The number of alkyl halides is 3. The standard InChI is InChI=1S/C19H17S.C4H2F6/c1-16-12-14-19(15-13-16)20(17-8-4-2-5-9-17)18-10-6-3-7-11-18;5-1-4(9,10)2(6)3(7)8/h2-15H,1H3;1H2/q+1;. The van der Waals surface area contributed by atoms with Crippen LogP contribution in [0.15, 0.2) is 112 Å². The van der Waals surface area contributed by atoms with Gasteiger partial charge in [0, 0.05) is 0 Å². The molecule has 0 radical (unpaired) electrons. The molecule has 3 aromatic rings. The van der Waals surface area contributed by atoms with Crippen molar-refractivity contribution in [2.75, 3.05) is 6.67 Å². The van der Waals surface area contributed by atoms with E-state index in [2.05, 4.69) is 91.9 Å². The van der Waals surface area contributed by atoms with Gasteiger partial charge < -0.3 is 0 Å². The van der Waals surface area contributed by atoms with Crippen LogP contribution >= 0.6 is 0 Å². The van der Waals surface area contributed by atoms with Crippen molar-refractivity contribution in [3.8, 4) is 0 Å². The van der Waals surface area contributed by atoms with Gasteiger partial charge in [-0.2, -0.15) is 22.0 Å². The molecule has 7 heteroatoms. The van der Waals surface area contributed by atoms with E-state index >= 15 is 0 Å². The summed E-state index contributed by atoms with van der Waals surface area (Å²) in [5.74, 6) is -7.69. The fourth-order valence-corrected chi connectivity index (χ4v) is 4.48. The molecule has 0 N–H and O–H groups in total. The van der Waals surface area contributed by atoms with Crippen LogP contribution in [0.5, 0.6) is 0 Å². The average molecular weight is 441 g/mol. The zero-order valence-corrected chi connectivity index (χ0v) is 16.8. The molecule has 0 saturated heterocycles. The highest BCUT2D eigenvalue weighted by Crippen LogP contribution is 2.31. The summed E-state index contributed by atoms with van der Waals surface area (Å²) >= 11 is 0. The van der Waals surface area contributed by atoms with Gasteiger partial charge in [0.25, 0.3) is 0 Å². The summed E-state index contributed by atoms with van der Waals surface area (Å²) in [5.41, 5.74) is 1.30. The number of halogens is 6. The Labute approximate surface area is 174 Å². The van der Waals surface area contributed by atoms with Gasteiger partial charge in [0.1, 0.15) is 0 Å². The Bertz CT molecular complexity index is 897. The first-order valence-electron chi connectivity index (χ1n) is 8.82. The maximum absolute atomic E-state index is 11.5. The van der Waals surface area contributed by atoms with Crippen LogP contribution in [0.25, 0.3) is 0 Å². The van der Waals surface area contributed by atoms with Gasteiger partial charge in [-0.1, -0.05) is 54.1 Å². The summed E-state index contributed by atoms with van der Waals surface area (Å²) in [6, 6.07) is 30.4. The first kappa shape index (κ1) is 23.6. The molecule has 0 heterocycles. The molecule has 3 aromatic carbocycles. The summed E-state index contributed by atoms with van der Waals surface area (Å²) in [6.07, 6.45) is -3.19. The molecular formula is C23H19F6S+. The molecule has 0 spiro atoms. The van der Waals surface area contributed by atoms with E-state index in [0.29, 0.717) is 0 Å². The highest BCUT2D eigenvalue weighted by Gasteiger charge is 2.39. The zero-order chi connectivity index (χ0) is 22.1. The van der Waals surface area contributed by atoms with Gasteiger partial charge in [-0.25, -0.2) is 4.39 Å². The lowest BCUT2D eigenvalue weighted by Gasteiger charge is -2.07. The number of allylic oxidation sites excluding steroid dienone is 1. The predicted molar refractivity (Wildman–Crippen MR) is 107 cm³/mol. The summed E-state index contributed by atoms with van der Waals surface area (Å²) in [6.45, 7) is -0.330. The van der Waals surface area contributed by atoms with Crippen molar-refractivity contribution in [2.45, 2.75) is 27.5 Å². The third kappa shape index (κ3) is 6.42. The van der Waals surface area contributed by atoms with Gasteiger partial charge in [0.2, 0.25) is 5.83 Å². The Kier molecular flexibility index (Phi) is 8.59. The van der Waals surface area contributed by atoms with Crippen LogP contribution < -0.4 is 0 Å². The van der Waals surface area contributed by atoms with Gasteiger partial charge in [0.15, 0.2) is 21.4 Å². The molecular weight excluding hydrogens is 422 g/mol. The fourth-order valence-electron chi connectivity index (χ4n) is 2.39. The van der Waals surface area contributed by atoms with E-state index in [1.807, 2.05) is 0 Å². The number of aryl methyl sites for hydroxylation is 1. The fraction of sp³-hybridized carbons (Fsp3) is 0.130.